The number of anilines is 1. The summed E-state index contributed by atoms with van der Waals surface area (Å²) in [7, 11) is 2.73. The van der Waals surface area contributed by atoms with Crippen LogP contribution in [0.15, 0.2) is 48.5 Å². The molecule has 3 aromatic rings. The van der Waals surface area contributed by atoms with Crippen molar-refractivity contribution in [1.82, 2.24) is 5.32 Å². The van der Waals surface area contributed by atoms with Gasteiger partial charge in [-0.3, -0.25) is 9.59 Å². The van der Waals surface area contributed by atoms with Gasteiger partial charge in [-0.05, 0) is 54.4 Å². The number of benzene rings is 2. The van der Waals surface area contributed by atoms with Crippen molar-refractivity contribution in [2.24, 2.45) is 0 Å². The van der Waals surface area contributed by atoms with Crippen LogP contribution in [-0.4, -0.2) is 32.0 Å². The monoisotopic (exact) mass is 456 g/mol. The van der Waals surface area contributed by atoms with Crippen LogP contribution in [-0.2, 0) is 11.3 Å². The topological polar surface area (TPSA) is 93.7 Å². The zero-order valence-corrected chi connectivity index (χ0v) is 18.5. The van der Waals surface area contributed by atoms with Gasteiger partial charge >= 0.3 is 5.97 Å². The fourth-order valence-corrected chi connectivity index (χ4v) is 3.96. The molecule has 0 spiro atoms. The predicted molar refractivity (Wildman–Crippen MR) is 119 cm³/mol. The van der Waals surface area contributed by atoms with Gasteiger partial charge in [0, 0.05) is 12.1 Å². The van der Waals surface area contributed by atoms with Gasteiger partial charge in [-0.1, -0.05) is 12.1 Å². The summed E-state index contributed by atoms with van der Waals surface area (Å²) in [4.78, 5) is 37.3. The fraction of sp³-hybridized carbons (Fsp3) is 0.174. The van der Waals surface area contributed by atoms with Crippen LogP contribution in [0.1, 0.15) is 41.5 Å². The molecule has 0 radical (unpaired) electrons. The first-order valence-electron chi connectivity index (χ1n) is 9.53. The summed E-state index contributed by atoms with van der Waals surface area (Å²) in [6.45, 7) is 1.93. The van der Waals surface area contributed by atoms with Crippen molar-refractivity contribution in [3.8, 4) is 5.75 Å². The predicted octanol–water partition coefficient (Wildman–Crippen LogP) is 4.17. The Morgan fingerprint density at radius 3 is 2.50 bits per heavy atom. The van der Waals surface area contributed by atoms with Crippen LogP contribution in [0.5, 0.6) is 5.75 Å². The number of carbonyl (C=O) groups is 3. The molecule has 0 aliphatic carbocycles. The number of esters is 1. The van der Waals surface area contributed by atoms with Crippen molar-refractivity contribution in [2.45, 2.75) is 13.5 Å². The normalized spacial score (nSPS) is 10.4. The highest BCUT2D eigenvalue weighted by atomic mass is 32.1. The summed E-state index contributed by atoms with van der Waals surface area (Å²) in [6, 6.07) is 12.0. The number of nitrogens with one attached hydrogen (secondary N) is 2. The molecule has 2 amide bonds. The van der Waals surface area contributed by atoms with Crippen molar-refractivity contribution >= 4 is 34.1 Å². The minimum atomic E-state index is -0.539. The third-order valence-electron chi connectivity index (χ3n) is 4.57. The summed E-state index contributed by atoms with van der Waals surface area (Å²) >= 11 is 1.12. The molecule has 0 saturated carbocycles. The van der Waals surface area contributed by atoms with E-state index < -0.39 is 17.7 Å². The highest BCUT2D eigenvalue weighted by molar-refractivity contribution is 7.18. The Balaban J connectivity index is 1.68. The van der Waals surface area contributed by atoms with E-state index >= 15 is 0 Å². The van der Waals surface area contributed by atoms with Crippen LogP contribution in [0, 0.1) is 12.7 Å². The molecule has 0 aliphatic heterocycles. The van der Waals surface area contributed by atoms with E-state index in [4.69, 9.17) is 9.47 Å². The molecular formula is C23H21FN2O5S. The average Bonchev–Trinajstić information content (AvgIpc) is 3.16. The summed E-state index contributed by atoms with van der Waals surface area (Å²) in [5, 5.41) is 5.95. The molecule has 0 aliphatic rings. The SMILES string of the molecule is COC(=O)c1cc(CNC(=O)c2sc(NC(=O)c3cccc(F)c3)cc2C)ccc1OC. The second kappa shape index (κ2) is 10.1. The van der Waals surface area contributed by atoms with Crippen LogP contribution in [0.3, 0.4) is 0 Å². The molecule has 0 atom stereocenters. The number of halogens is 1. The van der Waals surface area contributed by atoms with E-state index in [1.165, 1.54) is 32.4 Å². The van der Waals surface area contributed by atoms with Gasteiger partial charge in [-0.15, -0.1) is 11.3 Å². The number of ether oxygens (including phenoxy) is 2. The number of aryl methyl sites for hydroxylation is 1. The second-order valence-electron chi connectivity index (χ2n) is 6.80. The molecular weight excluding hydrogens is 435 g/mol. The average molecular weight is 456 g/mol. The summed E-state index contributed by atoms with van der Waals surface area (Å²) in [6.07, 6.45) is 0. The zero-order valence-electron chi connectivity index (χ0n) is 17.7. The summed E-state index contributed by atoms with van der Waals surface area (Å²) in [5.41, 5.74) is 1.82. The number of hydrogen-bond donors (Lipinski definition) is 2. The van der Waals surface area contributed by atoms with Crippen LogP contribution in [0.4, 0.5) is 9.39 Å². The molecule has 0 unspecified atom stereocenters. The van der Waals surface area contributed by atoms with Crippen LogP contribution in [0.25, 0.3) is 0 Å². The van der Waals surface area contributed by atoms with E-state index in [-0.39, 0.29) is 23.6 Å². The number of hydrogen-bond acceptors (Lipinski definition) is 6. The smallest absolute Gasteiger partial charge is 0.341 e. The van der Waals surface area contributed by atoms with Gasteiger partial charge in [-0.2, -0.15) is 0 Å². The largest absolute Gasteiger partial charge is 0.496 e. The molecule has 3 rings (SSSR count). The maximum absolute atomic E-state index is 13.3. The van der Waals surface area contributed by atoms with Gasteiger partial charge in [0.25, 0.3) is 11.8 Å². The lowest BCUT2D eigenvalue weighted by molar-refractivity contribution is 0.0596. The molecule has 2 N–H and O–H groups in total. The minimum Gasteiger partial charge on any atom is -0.496 e. The van der Waals surface area contributed by atoms with Crippen LogP contribution in [0.2, 0.25) is 0 Å². The number of carbonyl (C=O) groups excluding carboxylic acids is 3. The van der Waals surface area contributed by atoms with Crippen LogP contribution >= 0.6 is 11.3 Å². The second-order valence-corrected chi connectivity index (χ2v) is 7.85. The summed E-state index contributed by atoms with van der Waals surface area (Å²) in [5.74, 6) is -1.46. The Morgan fingerprint density at radius 2 is 1.81 bits per heavy atom. The van der Waals surface area contributed by atoms with E-state index in [2.05, 4.69) is 10.6 Å². The van der Waals surface area contributed by atoms with Gasteiger partial charge in [-0.25, -0.2) is 9.18 Å². The molecule has 7 nitrogen and oxygen atoms in total. The van der Waals surface area contributed by atoms with E-state index in [1.807, 2.05) is 0 Å². The lowest BCUT2D eigenvalue weighted by atomic mass is 10.1. The number of amides is 2. The van der Waals surface area contributed by atoms with Crippen LogP contribution < -0.4 is 15.4 Å². The Morgan fingerprint density at radius 1 is 1.03 bits per heavy atom. The molecule has 166 valence electrons. The molecule has 2 aromatic carbocycles. The van der Waals surface area contributed by atoms with E-state index in [0.717, 1.165) is 17.4 Å². The molecule has 1 aromatic heterocycles. The first-order valence-corrected chi connectivity index (χ1v) is 10.3. The Labute approximate surface area is 188 Å². The molecule has 9 heteroatoms. The maximum atomic E-state index is 13.3. The minimum absolute atomic E-state index is 0.176. The Bertz CT molecular complexity index is 1170. The highest BCUT2D eigenvalue weighted by Gasteiger charge is 2.17. The lowest BCUT2D eigenvalue weighted by Crippen LogP contribution is -2.22. The fourth-order valence-electron chi connectivity index (χ4n) is 2.98. The molecule has 0 bridgehead atoms. The van der Waals surface area contributed by atoms with Crippen molar-refractivity contribution in [3.05, 3.63) is 81.5 Å². The van der Waals surface area contributed by atoms with Gasteiger partial charge in [0.05, 0.1) is 24.1 Å². The maximum Gasteiger partial charge on any atom is 0.341 e. The number of methoxy groups -OCH3 is 2. The van der Waals surface area contributed by atoms with Crippen molar-refractivity contribution in [3.63, 3.8) is 0 Å². The zero-order chi connectivity index (χ0) is 23.3. The van der Waals surface area contributed by atoms with Gasteiger partial charge in [0.1, 0.15) is 17.1 Å². The number of thiophene rings is 1. The first-order chi connectivity index (χ1) is 15.3. The molecule has 0 saturated heterocycles. The van der Waals surface area contributed by atoms with E-state index in [9.17, 15) is 18.8 Å². The molecule has 0 fully saturated rings. The third-order valence-corrected chi connectivity index (χ3v) is 5.72. The van der Waals surface area contributed by atoms with Gasteiger partial charge in [0.15, 0.2) is 0 Å². The Hall–Kier alpha value is -3.72. The van der Waals surface area contributed by atoms with Gasteiger partial charge in [0.2, 0.25) is 0 Å². The molecule has 32 heavy (non-hydrogen) atoms. The van der Waals surface area contributed by atoms with Crippen molar-refractivity contribution in [2.75, 3.05) is 19.5 Å². The highest BCUT2D eigenvalue weighted by Crippen LogP contribution is 2.27. The van der Waals surface area contributed by atoms with Crippen molar-refractivity contribution < 1.29 is 28.2 Å². The first kappa shape index (κ1) is 23.0. The standard InChI is InChI=1S/C23H21FN2O5S/c1-13-9-19(26-21(27)15-5-4-6-16(24)11-15)32-20(13)22(28)25-12-14-7-8-18(30-2)17(10-14)23(29)31-3/h4-11H,12H2,1-3H3,(H,25,28)(H,26,27). The summed E-state index contributed by atoms with van der Waals surface area (Å²) < 4.78 is 23.3. The quantitative estimate of drug-likeness (QED) is 0.521. The molecule has 1 heterocycles. The van der Waals surface area contributed by atoms with E-state index in [1.54, 1.807) is 31.2 Å². The van der Waals surface area contributed by atoms with Crippen molar-refractivity contribution in [1.29, 1.82) is 0 Å². The van der Waals surface area contributed by atoms with E-state index in [0.29, 0.717) is 26.8 Å². The Kier molecular flexibility index (Phi) is 7.21. The third kappa shape index (κ3) is 5.30. The lowest BCUT2D eigenvalue weighted by Gasteiger charge is -2.10. The number of rotatable bonds is 7. The van der Waals surface area contributed by atoms with Gasteiger partial charge < -0.3 is 20.1 Å².